The number of carbonyl (C=O) groups excluding carboxylic acids is 1. The van der Waals surface area contributed by atoms with Crippen LogP contribution in [0.25, 0.3) is 35.3 Å². The maximum Gasteiger partial charge on any atom is 0.259 e. The van der Waals surface area contributed by atoms with Crippen LogP contribution >= 0.6 is 34.0 Å². The highest BCUT2D eigenvalue weighted by Crippen LogP contribution is 2.46. The van der Waals surface area contributed by atoms with Gasteiger partial charge in [0, 0.05) is 45.0 Å². The van der Waals surface area contributed by atoms with Crippen molar-refractivity contribution < 1.29 is 4.79 Å². The molecule has 6 nitrogen and oxygen atoms in total. The van der Waals surface area contributed by atoms with Crippen LogP contribution in [0.2, 0.25) is 0 Å². The van der Waals surface area contributed by atoms with Gasteiger partial charge >= 0.3 is 0 Å². The molecule has 3 aromatic heterocycles. The van der Waals surface area contributed by atoms with Crippen LogP contribution in [-0.4, -0.2) is 30.9 Å². The number of thiophene rings is 3. The molecule has 0 saturated carbocycles. The van der Waals surface area contributed by atoms with E-state index in [-0.39, 0.29) is 22.4 Å². The average molecular weight is 552 g/mol. The van der Waals surface area contributed by atoms with Crippen molar-refractivity contribution in [1.82, 2.24) is 4.90 Å². The lowest BCUT2D eigenvalue weighted by molar-refractivity contribution is -0.122. The second kappa shape index (κ2) is 10.3. The fourth-order valence-corrected chi connectivity index (χ4v) is 8.49. The number of carbonyl (C=O) groups is 1. The van der Waals surface area contributed by atoms with Crippen LogP contribution in [-0.2, 0) is 4.79 Å². The summed E-state index contributed by atoms with van der Waals surface area (Å²) in [5, 5.41) is 28.2. The quantitative estimate of drug-likeness (QED) is 0.234. The molecule has 0 radical (unpaired) electrons. The molecule has 0 N–H and O–H groups in total. The maximum atomic E-state index is 12.8. The normalized spacial score (nSPS) is 13.5. The van der Waals surface area contributed by atoms with Crippen molar-refractivity contribution >= 4 is 70.5 Å². The molecule has 1 aromatic carbocycles. The summed E-state index contributed by atoms with van der Waals surface area (Å²) in [7, 11) is 1.47. The first-order chi connectivity index (χ1) is 18.4. The van der Waals surface area contributed by atoms with E-state index in [1.54, 1.807) is 52.2 Å². The van der Waals surface area contributed by atoms with Gasteiger partial charge in [-0.15, -0.1) is 34.0 Å². The predicted molar refractivity (Wildman–Crippen MR) is 157 cm³/mol. The van der Waals surface area contributed by atoms with E-state index in [4.69, 9.17) is 0 Å². The molecule has 1 aliphatic rings. The lowest BCUT2D eigenvalue weighted by Crippen LogP contribution is -2.21. The number of benzene rings is 1. The number of hydrogen-bond acceptors (Lipinski definition) is 8. The Bertz CT molecular complexity index is 1790. The van der Waals surface area contributed by atoms with Crippen LogP contribution in [0.5, 0.6) is 0 Å². The minimum Gasteiger partial charge on any atom is -0.372 e. The summed E-state index contributed by atoms with van der Waals surface area (Å²) >= 11 is 5.18. The third-order valence-electron chi connectivity index (χ3n) is 6.48. The van der Waals surface area contributed by atoms with Gasteiger partial charge in [-0.2, -0.15) is 15.8 Å². The lowest BCUT2D eigenvalue weighted by atomic mass is 10.1. The number of fused-ring (bicyclic) bond motifs is 3. The molecule has 0 saturated heterocycles. The smallest absolute Gasteiger partial charge is 0.259 e. The third kappa shape index (κ3) is 4.20. The Morgan fingerprint density at radius 3 is 2.24 bits per heavy atom. The fourth-order valence-electron chi connectivity index (χ4n) is 4.54. The molecule has 5 rings (SSSR count). The van der Waals surface area contributed by atoms with Gasteiger partial charge in [0.25, 0.3) is 5.91 Å². The van der Waals surface area contributed by atoms with E-state index in [0.717, 1.165) is 18.0 Å². The summed E-state index contributed by atoms with van der Waals surface area (Å²) in [6, 6.07) is 18.6. The zero-order chi connectivity index (χ0) is 27.0. The number of allylic oxidation sites excluding steroid dienone is 2. The minimum atomic E-state index is -0.411. The Hall–Kier alpha value is -4.20. The molecule has 1 aliphatic heterocycles. The topological polar surface area (TPSA) is 94.9 Å². The van der Waals surface area contributed by atoms with Crippen LogP contribution in [0.3, 0.4) is 0 Å². The van der Waals surface area contributed by atoms with Gasteiger partial charge in [0.15, 0.2) is 5.57 Å². The van der Waals surface area contributed by atoms with Gasteiger partial charge < -0.3 is 9.80 Å². The first-order valence-electron chi connectivity index (χ1n) is 11.9. The maximum absolute atomic E-state index is 12.8. The molecule has 9 heteroatoms. The molecular weight excluding hydrogens is 531 g/mol. The van der Waals surface area contributed by atoms with E-state index in [9.17, 15) is 20.6 Å². The van der Waals surface area contributed by atoms with Crippen LogP contribution < -0.4 is 4.90 Å². The third-order valence-corrected chi connectivity index (χ3v) is 10.3. The summed E-state index contributed by atoms with van der Waals surface area (Å²) in [6.07, 6.45) is 3.43. The van der Waals surface area contributed by atoms with Crippen molar-refractivity contribution in [1.29, 1.82) is 15.8 Å². The lowest BCUT2D eigenvalue weighted by Gasteiger charge is -2.21. The summed E-state index contributed by atoms with van der Waals surface area (Å²) in [6.45, 7) is 6.29. The number of rotatable bonds is 6. The Labute approximate surface area is 232 Å². The number of nitriles is 3. The van der Waals surface area contributed by atoms with E-state index >= 15 is 0 Å². The molecule has 0 bridgehead atoms. The molecule has 0 fully saturated rings. The van der Waals surface area contributed by atoms with E-state index < -0.39 is 5.91 Å². The summed E-state index contributed by atoms with van der Waals surface area (Å²) in [4.78, 5) is 18.5. The van der Waals surface area contributed by atoms with Crippen LogP contribution in [0, 0.1) is 34.0 Å². The Balaban J connectivity index is 1.47. The van der Waals surface area contributed by atoms with Crippen molar-refractivity contribution in [2.75, 3.05) is 25.0 Å². The van der Waals surface area contributed by atoms with Crippen molar-refractivity contribution in [3.05, 3.63) is 69.8 Å². The SMILES string of the molecule is CCN(CC)c1ccc(-c2cc3sc4cc(/C=C/C5=C(C#N)C(=C(C#N)C#N)N(C)C5=O)sc4c3s2)cc1. The van der Waals surface area contributed by atoms with Gasteiger partial charge in [-0.3, -0.25) is 4.79 Å². The molecule has 0 aliphatic carbocycles. The van der Waals surface area contributed by atoms with E-state index in [0.29, 0.717) is 0 Å². The van der Waals surface area contributed by atoms with E-state index in [1.165, 1.54) is 46.9 Å². The highest BCUT2D eigenvalue weighted by atomic mass is 32.1. The van der Waals surface area contributed by atoms with Gasteiger partial charge in [-0.1, -0.05) is 12.1 Å². The number of amides is 1. The van der Waals surface area contributed by atoms with Crippen molar-refractivity contribution in [2.24, 2.45) is 0 Å². The number of nitrogens with zero attached hydrogens (tertiary/aromatic N) is 5. The second-order valence-corrected chi connectivity index (χ2v) is 11.7. The average Bonchev–Trinajstić information content (AvgIpc) is 3.65. The van der Waals surface area contributed by atoms with Crippen molar-refractivity contribution in [2.45, 2.75) is 13.8 Å². The van der Waals surface area contributed by atoms with Crippen LogP contribution in [0.1, 0.15) is 18.7 Å². The molecule has 4 heterocycles. The predicted octanol–water partition coefficient (Wildman–Crippen LogP) is 7.30. The first kappa shape index (κ1) is 25.4. The standard InChI is InChI=1S/C29H21N5OS3/c1-4-34(5-2)19-8-6-17(7-9-19)23-13-25-28(38-23)27-24(37-25)12-20(36-27)10-11-21-22(16-32)26(18(14-30)15-31)33(3)29(21)35/h6-13H,4-5H2,1-3H3/b11-10+. The van der Waals surface area contributed by atoms with Crippen LogP contribution in [0.4, 0.5) is 5.69 Å². The summed E-state index contributed by atoms with van der Waals surface area (Å²) in [5.74, 6) is -0.411. The fraction of sp³-hybridized carbons (Fsp3) is 0.172. The largest absolute Gasteiger partial charge is 0.372 e. The minimum absolute atomic E-state index is 0.0440. The molecule has 1 amide bonds. The van der Waals surface area contributed by atoms with Crippen LogP contribution in [0.15, 0.2) is 64.9 Å². The Morgan fingerprint density at radius 2 is 1.61 bits per heavy atom. The zero-order valence-electron chi connectivity index (χ0n) is 20.9. The Morgan fingerprint density at radius 1 is 0.947 bits per heavy atom. The molecular formula is C29H21N5OS3. The van der Waals surface area contributed by atoms with Gasteiger partial charge in [-0.25, -0.2) is 0 Å². The molecule has 0 atom stereocenters. The van der Waals surface area contributed by atoms with Gasteiger partial charge in [0.1, 0.15) is 18.2 Å². The highest BCUT2D eigenvalue weighted by Gasteiger charge is 2.34. The van der Waals surface area contributed by atoms with E-state index in [1.807, 2.05) is 12.1 Å². The second-order valence-electron chi connectivity index (χ2n) is 8.51. The Kier molecular flexibility index (Phi) is 6.89. The zero-order valence-corrected chi connectivity index (χ0v) is 23.4. The molecule has 38 heavy (non-hydrogen) atoms. The van der Waals surface area contributed by atoms with Crippen molar-refractivity contribution in [3.63, 3.8) is 0 Å². The number of likely N-dealkylation sites (N-methyl/N-ethyl adjacent to an activating group) is 1. The number of anilines is 1. The van der Waals surface area contributed by atoms with Gasteiger partial charge in [0.05, 0.1) is 26.2 Å². The van der Waals surface area contributed by atoms with Crippen molar-refractivity contribution in [3.8, 4) is 28.6 Å². The molecule has 4 aromatic rings. The summed E-state index contributed by atoms with van der Waals surface area (Å²) < 4.78 is 4.90. The number of hydrogen-bond donors (Lipinski definition) is 0. The highest BCUT2D eigenvalue weighted by molar-refractivity contribution is 7.39. The van der Waals surface area contributed by atoms with Gasteiger partial charge in [-0.05, 0) is 55.8 Å². The summed E-state index contributed by atoms with van der Waals surface area (Å²) in [5.41, 5.74) is 2.47. The molecule has 0 unspecified atom stereocenters. The van der Waals surface area contributed by atoms with Gasteiger partial charge in [0.2, 0.25) is 0 Å². The van der Waals surface area contributed by atoms with E-state index in [2.05, 4.69) is 55.1 Å². The first-order valence-corrected chi connectivity index (χ1v) is 14.4. The monoisotopic (exact) mass is 551 g/mol. The molecule has 186 valence electrons. The molecule has 0 spiro atoms.